The van der Waals surface area contributed by atoms with Gasteiger partial charge in [0, 0.05) is 30.9 Å². The van der Waals surface area contributed by atoms with Crippen LogP contribution in [-0.4, -0.2) is 48.3 Å². The predicted molar refractivity (Wildman–Crippen MR) is 96.9 cm³/mol. The summed E-state index contributed by atoms with van der Waals surface area (Å²) in [5, 5.41) is 2.67. The van der Waals surface area contributed by atoms with Crippen molar-refractivity contribution in [2.24, 2.45) is 0 Å². The fourth-order valence-corrected chi connectivity index (χ4v) is 2.80. The number of carbonyl (C=O) groups excluding carboxylic acids is 2. The second-order valence-corrected chi connectivity index (χ2v) is 7.15. The summed E-state index contributed by atoms with van der Waals surface area (Å²) < 4.78 is 10.9. The highest BCUT2D eigenvalue weighted by atomic mass is 16.6. The number of ether oxygens (including phenoxy) is 2. The van der Waals surface area contributed by atoms with Crippen molar-refractivity contribution in [2.75, 3.05) is 25.0 Å². The first-order chi connectivity index (χ1) is 11.8. The van der Waals surface area contributed by atoms with Crippen molar-refractivity contribution < 1.29 is 19.1 Å². The maximum Gasteiger partial charge on any atom is 0.412 e. The molecule has 1 aliphatic heterocycles. The molecule has 1 heterocycles. The molecular formula is C19H28N2O4. The van der Waals surface area contributed by atoms with E-state index in [1.807, 2.05) is 11.8 Å². The summed E-state index contributed by atoms with van der Waals surface area (Å²) in [6, 6.07) is 6.94. The van der Waals surface area contributed by atoms with Crippen LogP contribution in [0, 0.1) is 0 Å². The minimum absolute atomic E-state index is 0.0252. The molecule has 1 aliphatic rings. The second kappa shape index (κ2) is 8.34. The van der Waals surface area contributed by atoms with Gasteiger partial charge < -0.3 is 14.4 Å². The first kappa shape index (κ1) is 19.2. The highest BCUT2D eigenvalue weighted by Gasteiger charge is 2.24. The highest BCUT2D eigenvalue weighted by molar-refractivity contribution is 5.96. The van der Waals surface area contributed by atoms with Gasteiger partial charge in [-0.3, -0.25) is 10.1 Å². The lowest BCUT2D eigenvalue weighted by Crippen LogP contribution is -2.40. The quantitative estimate of drug-likeness (QED) is 0.901. The molecule has 6 nitrogen and oxygen atoms in total. The zero-order valence-electron chi connectivity index (χ0n) is 15.5. The zero-order chi connectivity index (χ0) is 18.4. The van der Waals surface area contributed by atoms with Gasteiger partial charge in [0.2, 0.25) is 0 Å². The molecule has 0 spiro atoms. The Labute approximate surface area is 149 Å². The van der Waals surface area contributed by atoms with Crippen LogP contribution in [0.25, 0.3) is 0 Å². The predicted octanol–water partition coefficient (Wildman–Crippen LogP) is 3.67. The number of piperidine rings is 1. The molecule has 2 rings (SSSR count). The summed E-state index contributed by atoms with van der Waals surface area (Å²) in [4.78, 5) is 26.4. The lowest BCUT2D eigenvalue weighted by Gasteiger charge is -2.31. The Kier molecular flexibility index (Phi) is 6.42. The van der Waals surface area contributed by atoms with E-state index in [-0.39, 0.29) is 12.0 Å². The van der Waals surface area contributed by atoms with Gasteiger partial charge in [0.1, 0.15) is 5.60 Å². The van der Waals surface area contributed by atoms with Gasteiger partial charge in [-0.1, -0.05) is 6.07 Å². The summed E-state index contributed by atoms with van der Waals surface area (Å²) in [6.45, 7) is 9.48. The molecule has 1 saturated heterocycles. The normalized spacial score (nSPS) is 15.8. The van der Waals surface area contributed by atoms with Crippen LogP contribution in [0.2, 0.25) is 0 Å². The molecule has 0 aliphatic carbocycles. The third kappa shape index (κ3) is 6.05. The molecule has 0 radical (unpaired) electrons. The van der Waals surface area contributed by atoms with Crippen molar-refractivity contribution >= 4 is 17.7 Å². The van der Waals surface area contributed by atoms with E-state index in [4.69, 9.17) is 9.47 Å². The van der Waals surface area contributed by atoms with E-state index >= 15 is 0 Å². The van der Waals surface area contributed by atoms with Gasteiger partial charge in [0.25, 0.3) is 5.91 Å². The van der Waals surface area contributed by atoms with Gasteiger partial charge in [0.05, 0.1) is 6.10 Å². The molecule has 1 fully saturated rings. The van der Waals surface area contributed by atoms with Crippen LogP contribution in [0.4, 0.5) is 10.5 Å². The van der Waals surface area contributed by atoms with Gasteiger partial charge in [-0.25, -0.2) is 4.79 Å². The molecule has 0 saturated carbocycles. The van der Waals surface area contributed by atoms with Crippen LogP contribution in [0.3, 0.4) is 0 Å². The van der Waals surface area contributed by atoms with E-state index in [1.165, 1.54) is 0 Å². The van der Waals surface area contributed by atoms with Gasteiger partial charge >= 0.3 is 6.09 Å². The molecule has 138 valence electrons. The Morgan fingerprint density at radius 1 is 1.24 bits per heavy atom. The minimum Gasteiger partial charge on any atom is -0.444 e. The summed E-state index contributed by atoms with van der Waals surface area (Å²) in [6.07, 6.45) is 1.43. The number of rotatable bonds is 4. The van der Waals surface area contributed by atoms with E-state index in [2.05, 4.69) is 5.32 Å². The summed E-state index contributed by atoms with van der Waals surface area (Å²) >= 11 is 0. The SMILES string of the molecule is CCOC1CCN(C(=O)c2cccc(NC(=O)OC(C)(C)C)c2)CC1. The van der Waals surface area contributed by atoms with Crippen molar-refractivity contribution in [3.8, 4) is 0 Å². The molecule has 1 aromatic carbocycles. The number of nitrogens with zero attached hydrogens (tertiary/aromatic N) is 1. The Morgan fingerprint density at radius 2 is 1.92 bits per heavy atom. The second-order valence-electron chi connectivity index (χ2n) is 7.15. The Bertz CT molecular complexity index is 602. The van der Waals surface area contributed by atoms with Gasteiger partial charge in [0.15, 0.2) is 0 Å². The van der Waals surface area contributed by atoms with Gasteiger partial charge in [-0.15, -0.1) is 0 Å². The van der Waals surface area contributed by atoms with Crippen LogP contribution in [-0.2, 0) is 9.47 Å². The number of carbonyl (C=O) groups is 2. The van der Waals surface area contributed by atoms with Crippen LogP contribution in [0.1, 0.15) is 50.9 Å². The van der Waals surface area contributed by atoms with Gasteiger partial charge in [-0.2, -0.15) is 0 Å². The molecule has 1 N–H and O–H groups in total. The standard InChI is InChI=1S/C19H28N2O4/c1-5-24-16-9-11-21(12-10-16)17(22)14-7-6-8-15(13-14)20-18(23)25-19(2,3)4/h6-8,13,16H,5,9-12H2,1-4H3,(H,20,23). The maximum absolute atomic E-state index is 12.7. The highest BCUT2D eigenvalue weighted by Crippen LogP contribution is 2.19. The molecule has 25 heavy (non-hydrogen) atoms. The number of likely N-dealkylation sites (tertiary alicyclic amines) is 1. The fourth-order valence-electron chi connectivity index (χ4n) is 2.80. The topological polar surface area (TPSA) is 67.9 Å². The lowest BCUT2D eigenvalue weighted by molar-refractivity contribution is 0.0146. The maximum atomic E-state index is 12.7. The summed E-state index contributed by atoms with van der Waals surface area (Å²) in [5.41, 5.74) is 0.537. The number of hydrogen-bond donors (Lipinski definition) is 1. The van der Waals surface area contributed by atoms with E-state index in [1.54, 1.807) is 45.0 Å². The molecule has 6 heteroatoms. The molecular weight excluding hydrogens is 320 g/mol. The number of amides is 2. The molecule has 0 atom stereocenters. The number of benzene rings is 1. The molecule has 0 bridgehead atoms. The number of hydrogen-bond acceptors (Lipinski definition) is 4. The van der Waals surface area contributed by atoms with E-state index in [9.17, 15) is 9.59 Å². The number of anilines is 1. The summed E-state index contributed by atoms with van der Waals surface area (Å²) in [5.74, 6) is -0.0252. The van der Waals surface area contributed by atoms with Crippen LogP contribution < -0.4 is 5.32 Å². The Balaban J connectivity index is 1.96. The molecule has 1 aromatic rings. The molecule has 2 amide bonds. The largest absolute Gasteiger partial charge is 0.444 e. The molecule has 0 unspecified atom stereocenters. The summed E-state index contributed by atoms with van der Waals surface area (Å²) in [7, 11) is 0. The Hall–Kier alpha value is -2.08. The number of nitrogens with one attached hydrogen (secondary N) is 1. The van der Waals surface area contributed by atoms with Crippen LogP contribution >= 0.6 is 0 Å². The fraction of sp³-hybridized carbons (Fsp3) is 0.579. The van der Waals surface area contributed by atoms with E-state index in [0.29, 0.717) is 30.9 Å². The van der Waals surface area contributed by atoms with Crippen molar-refractivity contribution in [1.82, 2.24) is 4.90 Å². The van der Waals surface area contributed by atoms with Crippen molar-refractivity contribution in [1.29, 1.82) is 0 Å². The van der Waals surface area contributed by atoms with Gasteiger partial charge in [-0.05, 0) is 58.7 Å². The van der Waals surface area contributed by atoms with Crippen molar-refractivity contribution in [2.45, 2.75) is 52.2 Å². The van der Waals surface area contributed by atoms with E-state index < -0.39 is 11.7 Å². The first-order valence-electron chi connectivity index (χ1n) is 8.79. The minimum atomic E-state index is -0.567. The average Bonchev–Trinajstić information content (AvgIpc) is 2.53. The third-order valence-corrected chi connectivity index (χ3v) is 3.89. The zero-order valence-corrected chi connectivity index (χ0v) is 15.5. The van der Waals surface area contributed by atoms with Crippen LogP contribution in [0.15, 0.2) is 24.3 Å². The van der Waals surface area contributed by atoms with Crippen molar-refractivity contribution in [3.63, 3.8) is 0 Å². The molecule has 0 aromatic heterocycles. The third-order valence-electron chi connectivity index (χ3n) is 3.89. The average molecular weight is 348 g/mol. The Morgan fingerprint density at radius 3 is 2.52 bits per heavy atom. The lowest BCUT2D eigenvalue weighted by atomic mass is 10.1. The van der Waals surface area contributed by atoms with E-state index in [0.717, 1.165) is 12.8 Å². The smallest absolute Gasteiger partial charge is 0.412 e. The van der Waals surface area contributed by atoms with Crippen molar-refractivity contribution in [3.05, 3.63) is 29.8 Å². The van der Waals surface area contributed by atoms with Crippen LogP contribution in [0.5, 0.6) is 0 Å². The monoisotopic (exact) mass is 348 g/mol. The first-order valence-corrected chi connectivity index (χ1v) is 8.79.